The summed E-state index contributed by atoms with van der Waals surface area (Å²) >= 11 is 0. The van der Waals surface area contributed by atoms with E-state index in [9.17, 15) is 0 Å². The largest absolute Gasteiger partial charge is 0.370 e. The first-order chi connectivity index (χ1) is 8.62. The predicted molar refractivity (Wildman–Crippen MR) is 82.9 cm³/mol. The average Bonchev–Trinajstić information content (AvgIpc) is 2.22. The van der Waals surface area contributed by atoms with E-state index >= 15 is 0 Å². The summed E-state index contributed by atoms with van der Waals surface area (Å²) in [5, 5.41) is 6.76. The number of rotatable bonds is 4. The van der Waals surface area contributed by atoms with Crippen LogP contribution in [-0.2, 0) is 5.41 Å². The Labute approximate surface area is 117 Å². The second kappa shape index (κ2) is 5.76. The molecular formula is C15H28N4. The fourth-order valence-electron chi connectivity index (χ4n) is 1.57. The van der Waals surface area contributed by atoms with Crippen LogP contribution in [0.3, 0.4) is 0 Å². The summed E-state index contributed by atoms with van der Waals surface area (Å²) in [5.41, 5.74) is -0.0657. The van der Waals surface area contributed by atoms with Crippen LogP contribution in [0.15, 0.2) is 6.07 Å². The topological polar surface area (TPSA) is 49.8 Å². The number of hydrogen-bond donors (Lipinski definition) is 2. The molecule has 4 nitrogen and oxygen atoms in total. The van der Waals surface area contributed by atoms with Gasteiger partial charge in [0, 0.05) is 23.6 Å². The van der Waals surface area contributed by atoms with Gasteiger partial charge >= 0.3 is 0 Å². The Morgan fingerprint density at radius 3 is 2.05 bits per heavy atom. The highest BCUT2D eigenvalue weighted by atomic mass is 15.1. The Morgan fingerprint density at radius 2 is 1.58 bits per heavy atom. The normalized spacial score (nSPS) is 12.4. The van der Waals surface area contributed by atoms with Crippen molar-refractivity contribution in [2.45, 2.75) is 65.8 Å². The van der Waals surface area contributed by atoms with E-state index in [2.05, 4.69) is 69.1 Å². The lowest BCUT2D eigenvalue weighted by molar-refractivity contribution is 0.543. The molecule has 0 radical (unpaired) electrons. The van der Waals surface area contributed by atoms with Crippen molar-refractivity contribution < 1.29 is 0 Å². The van der Waals surface area contributed by atoms with Crippen LogP contribution in [0, 0.1) is 0 Å². The summed E-state index contributed by atoms with van der Waals surface area (Å²) in [6.45, 7) is 15.9. The zero-order valence-corrected chi connectivity index (χ0v) is 13.4. The van der Waals surface area contributed by atoms with E-state index in [4.69, 9.17) is 0 Å². The highest BCUT2D eigenvalue weighted by Gasteiger charge is 2.20. The number of aromatic nitrogens is 2. The molecule has 0 aromatic carbocycles. The molecule has 0 amide bonds. The molecule has 0 unspecified atom stereocenters. The van der Waals surface area contributed by atoms with E-state index in [0.717, 1.165) is 30.4 Å². The molecule has 0 aliphatic rings. The molecule has 1 aromatic rings. The second-order valence-electron chi connectivity index (χ2n) is 7.01. The molecule has 0 atom stereocenters. The summed E-state index contributed by atoms with van der Waals surface area (Å²) in [6, 6.07) is 1.98. The Balaban J connectivity index is 3.09. The fraction of sp³-hybridized carbons (Fsp3) is 0.733. The molecule has 0 bridgehead atoms. The monoisotopic (exact) mass is 264 g/mol. The maximum atomic E-state index is 4.64. The molecular weight excluding hydrogens is 236 g/mol. The van der Waals surface area contributed by atoms with Gasteiger partial charge in [0.2, 0.25) is 0 Å². The Bertz CT molecular complexity index is 413. The molecule has 0 saturated heterocycles. The van der Waals surface area contributed by atoms with Gasteiger partial charge in [-0.1, -0.05) is 27.7 Å². The molecule has 1 aromatic heterocycles. The van der Waals surface area contributed by atoms with Crippen molar-refractivity contribution in [3.05, 3.63) is 11.9 Å². The first-order valence-corrected chi connectivity index (χ1v) is 7.03. The molecule has 0 aliphatic heterocycles. The third-order valence-electron chi connectivity index (χ3n) is 2.46. The molecule has 0 spiro atoms. The Kier molecular flexibility index (Phi) is 4.77. The molecule has 19 heavy (non-hydrogen) atoms. The summed E-state index contributed by atoms with van der Waals surface area (Å²) in [4.78, 5) is 9.25. The van der Waals surface area contributed by atoms with Crippen LogP contribution < -0.4 is 10.6 Å². The molecule has 108 valence electrons. The van der Waals surface area contributed by atoms with Crippen molar-refractivity contribution in [3.8, 4) is 0 Å². The van der Waals surface area contributed by atoms with Crippen molar-refractivity contribution in [2.24, 2.45) is 0 Å². The van der Waals surface area contributed by atoms with Gasteiger partial charge in [0.1, 0.15) is 17.5 Å². The van der Waals surface area contributed by atoms with E-state index in [1.165, 1.54) is 0 Å². The minimum absolute atomic E-state index is 0.00840. The molecule has 0 fully saturated rings. The maximum absolute atomic E-state index is 4.64. The highest BCUT2D eigenvalue weighted by molar-refractivity contribution is 5.49. The van der Waals surface area contributed by atoms with E-state index < -0.39 is 0 Å². The predicted octanol–water partition coefficient (Wildman–Crippen LogP) is 3.81. The van der Waals surface area contributed by atoms with Gasteiger partial charge in [-0.2, -0.15) is 0 Å². The molecule has 1 heterocycles. The van der Waals surface area contributed by atoms with Crippen LogP contribution in [0.4, 0.5) is 11.6 Å². The van der Waals surface area contributed by atoms with E-state index in [-0.39, 0.29) is 11.0 Å². The van der Waals surface area contributed by atoms with Gasteiger partial charge in [-0.15, -0.1) is 0 Å². The van der Waals surface area contributed by atoms with Crippen molar-refractivity contribution >= 4 is 11.6 Å². The molecule has 4 heteroatoms. The van der Waals surface area contributed by atoms with Crippen molar-refractivity contribution in [3.63, 3.8) is 0 Å². The van der Waals surface area contributed by atoms with Crippen LogP contribution in [-0.4, -0.2) is 22.1 Å². The van der Waals surface area contributed by atoms with Crippen LogP contribution in [0.25, 0.3) is 0 Å². The number of hydrogen-bond acceptors (Lipinski definition) is 4. The Hall–Kier alpha value is -1.32. The summed E-state index contributed by atoms with van der Waals surface area (Å²) < 4.78 is 0. The smallest absolute Gasteiger partial charge is 0.138 e. The Morgan fingerprint density at radius 1 is 1.00 bits per heavy atom. The second-order valence-corrected chi connectivity index (χ2v) is 7.01. The SMILES string of the molecule is CCCNc1cc(NC(C)(C)C)nc(C(C)(C)C)n1. The molecule has 0 aliphatic carbocycles. The molecule has 2 N–H and O–H groups in total. The highest BCUT2D eigenvalue weighted by Crippen LogP contribution is 2.23. The van der Waals surface area contributed by atoms with Crippen molar-refractivity contribution in [1.29, 1.82) is 0 Å². The summed E-state index contributed by atoms with van der Waals surface area (Å²) in [5.74, 6) is 2.64. The standard InChI is InChI=1S/C15H28N4/c1-8-9-16-11-10-12(19-15(5,6)7)18-13(17-11)14(2,3)4/h10H,8-9H2,1-7H3,(H2,16,17,18,19). The van der Waals surface area contributed by atoms with Gasteiger partial charge in [-0.25, -0.2) is 9.97 Å². The van der Waals surface area contributed by atoms with Gasteiger partial charge in [0.25, 0.3) is 0 Å². The molecule has 1 rings (SSSR count). The average molecular weight is 264 g/mol. The van der Waals surface area contributed by atoms with Gasteiger partial charge in [-0.05, 0) is 27.2 Å². The minimum atomic E-state index is -0.0573. The quantitative estimate of drug-likeness (QED) is 0.868. The van der Waals surface area contributed by atoms with Crippen molar-refractivity contribution in [1.82, 2.24) is 9.97 Å². The van der Waals surface area contributed by atoms with E-state index in [1.807, 2.05) is 6.07 Å². The van der Waals surface area contributed by atoms with Crippen LogP contribution in [0.1, 0.15) is 60.7 Å². The summed E-state index contributed by atoms with van der Waals surface area (Å²) in [6.07, 6.45) is 1.08. The third-order valence-corrected chi connectivity index (χ3v) is 2.46. The number of nitrogens with one attached hydrogen (secondary N) is 2. The number of anilines is 2. The minimum Gasteiger partial charge on any atom is -0.370 e. The molecule has 0 saturated carbocycles. The lowest BCUT2D eigenvalue weighted by atomic mass is 9.95. The zero-order valence-electron chi connectivity index (χ0n) is 13.4. The van der Waals surface area contributed by atoms with Crippen LogP contribution in [0.5, 0.6) is 0 Å². The first kappa shape index (κ1) is 15.7. The van der Waals surface area contributed by atoms with E-state index in [0.29, 0.717) is 0 Å². The van der Waals surface area contributed by atoms with Crippen LogP contribution in [0.2, 0.25) is 0 Å². The fourth-order valence-corrected chi connectivity index (χ4v) is 1.57. The first-order valence-electron chi connectivity index (χ1n) is 7.03. The van der Waals surface area contributed by atoms with Gasteiger partial charge in [-0.3, -0.25) is 0 Å². The van der Waals surface area contributed by atoms with Gasteiger partial charge in [0.05, 0.1) is 0 Å². The van der Waals surface area contributed by atoms with Gasteiger partial charge in [0.15, 0.2) is 0 Å². The maximum Gasteiger partial charge on any atom is 0.138 e. The zero-order chi connectivity index (χ0) is 14.7. The third kappa shape index (κ3) is 5.45. The lowest BCUT2D eigenvalue weighted by Crippen LogP contribution is -2.28. The number of nitrogens with zero attached hydrogens (tertiary/aromatic N) is 2. The summed E-state index contributed by atoms with van der Waals surface area (Å²) in [7, 11) is 0. The van der Waals surface area contributed by atoms with Gasteiger partial charge < -0.3 is 10.6 Å². The lowest BCUT2D eigenvalue weighted by Gasteiger charge is -2.24. The van der Waals surface area contributed by atoms with E-state index in [1.54, 1.807) is 0 Å². The van der Waals surface area contributed by atoms with Crippen LogP contribution >= 0.6 is 0 Å². The van der Waals surface area contributed by atoms with Crippen molar-refractivity contribution in [2.75, 3.05) is 17.2 Å².